The zero-order chi connectivity index (χ0) is 12.6. The fraction of sp³-hybridized carbons (Fsp3) is 0.429. The number of rotatable bonds is 8. The molecule has 0 bridgehead atoms. The monoisotopic (exact) mass is 235 g/mol. The number of aliphatic hydroxyl groups is 2. The summed E-state index contributed by atoms with van der Waals surface area (Å²) in [6.45, 7) is 4.50. The third-order valence-electron chi connectivity index (χ3n) is 2.99. The third-order valence-corrected chi connectivity index (χ3v) is 2.99. The van der Waals surface area contributed by atoms with E-state index in [1.54, 1.807) is 6.08 Å². The summed E-state index contributed by atoms with van der Waals surface area (Å²) in [6.07, 6.45) is 2.93. The molecule has 0 amide bonds. The first-order chi connectivity index (χ1) is 8.29. The molecule has 0 fully saturated rings. The number of hydrogen-bond acceptors (Lipinski definition) is 3. The molecule has 0 aliphatic rings. The van der Waals surface area contributed by atoms with Crippen molar-refractivity contribution in [1.82, 2.24) is 5.32 Å². The number of aliphatic hydroxyl groups excluding tert-OH is 2. The fourth-order valence-corrected chi connectivity index (χ4v) is 2.10. The second-order valence-electron chi connectivity index (χ2n) is 4.06. The predicted octanol–water partition coefficient (Wildman–Crippen LogP) is 1.42. The van der Waals surface area contributed by atoms with Crippen molar-refractivity contribution in [3.8, 4) is 0 Å². The van der Waals surface area contributed by atoms with Gasteiger partial charge in [0.2, 0.25) is 0 Å². The summed E-state index contributed by atoms with van der Waals surface area (Å²) in [7, 11) is 0. The maximum atomic E-state index is 9.24. The molecule has 0 aromatic heterocycles. The highest BCUT2D eigenvalue weighted by Crippen LogP contribution is 2.28. The van der Waals surface area contributed by atoms with Gasteiger partial charge in [-0.1, -0.05) is 36.4 Å². The first kappa shape index (κ1) is 13.9. The molecular weight excluding hydrogens is 214 g/mol. The Balaban J connectivity index is 2.99. The average Bonchev–Trinajstić information content (AvgIpc) is 2.37. The fourth-order valence-electron chi connectivity index (χ4n) is 2.10. The summed E-state index contributed by atoms with van der Waals surface area (Å²) in [6, 6.07) is 9.92. The zero-order valence-electron chi connectivity index (χ0n) is 10.1. The Hall–Kier alpha value is -1.16. The quantitative estimate of drug-likeness (QED) is 0.597. The molecule has 1 rings (SSSR count). The lowest BCUT2D eigenvalue weighted by atomic mass is 9.84. The lowest BCUT2D eigenvalue weighted by Gasteiger charge is -2.34. The molecule has 0 spiro atoms. The minimum absolute atomic E-state index is 0.0824. The SMILES string of the molecule is C=CCNC(CCO)(CCO)c1ccccc1. The van der Waals surface area contributed by atoms with Crippen LogP contribution in [0, 0.1) is 0 Å². The molecule has 0 aliphatic carbocycles. The van der Waals surface area contributed by atoms with Crippen LogP contribution in [0.4, 0.5) is 0 Å². The summed E-state index contributed by atoms with van der Waals surface area (Å²) in [5, 5.41) is 21.8. The third kappa shape index (κ3) is 3.66. The van der Waals surface area contributed by atoms with E-state index in [1.807, 2.05) is 30.3 Å². The van der Waals surface area contributed by atoms with Crippen LogP contribution in [0.15, 0.2) is 43.0 Å². The number of nitrogens with one attached hydrogen (secondary N) is 1. The van der Waals surface area contributed by atoms with E-state index in [1.165, 1.54) is 0 Å². The second kappa shape index (κ2) is 7.22. The van der Waals surface area contributed by atoms with Gasteiger partial charge in [-0.25, -0.2) is 0 Å². The molecular formula is C14H21NO2. The Morgan fingerprint density at radius 3 is 2.18 bits per heavy atom. The predicted molar refractivity (Wildman–Crippen MR) is 69.7 cm³/mol. The van der Waals surface area contributed by atoms with Gasteiger partial charge in [0.15, 0.2) is 0 Å². The van der Waals surface area contributed by atoms with E-state index in [4.69, 9.17) is 0 Å². The van der Waals surface area contributed by atoms with Crippen LogP contribution in [-0.2, 0) is 5.54 Å². The maximum Gasteiger partial charge on any atom is 0.0480 e. The molecule has 3 nitrogen and oxygen atoms in total. The molecule has 1 aromatic carbocycles. The van der Waals surface area contributed by atoms with Gasteiger partial charge in [0, 0.05) is 25.3 Å². The first-order valence-corrected chi connectivity index (χ1v) is 5.92. The van der Waals surface area contributed by atoms with E-state index in [9.17, 15) is 10.2 Å². The molecule has 1 aromatic rings. The molecule has 3 heteroatoms. The summed E-state index contributed by atoms with van der Waals surface area (Å²) < 4.78 is 0. The van der Waals surface area contributed by atoms with E-state index < -0.39 is 0 Å². The van der Waals surface area contributed by atoms with Crippen LogP contribution in [0.3, 0.4) is 0 Å². The molecule has 0 heterocycles. The largest absolute Gasteiger partial charge is 0.396 e. The molecule has 3 N–H and O–H groups in total. The molecule has 0 unspecified atom stereocenters. The standard InChI is InChI=1S/C14H21NO2/c1-2-10-15-14(8-11-16,9-12-17)13-6-4-3-5-7-13/h2-7,15-17H,1,8-12H2. The first-order valence-electron chi connectivity index (χ1n) is 5.92. The zero-order valence-corrected chi connectivity index (χ0v) is 10.1. The van der Waals surface area contributed by atoms with Gasteiger partial charge in [-0.05, 0) is 18.4 Å². The number of benzene rings is 1. The van der Waals surface area contributed by atoms with Gasteiger partial charge in [0.25, 0.3) is 0 Å². The Labute approximate surface area is 103 Å². The molecule has 0 aliphatic heterocycles. The van der Waals surface area contributed by atoms with Crippen molar-refractivity contribution in [2.45, 2.75) is 18.4 Å². The topological polar surface area (TPSA) is 52.5 Å². The molecule has 0 radical (unpaired) electrons. The van der Waals surface area contributed by atoms with Gasteiger partial charge in [-0.3, -0.25) is 0 Å². The Bertz CT molecular complexity index is 318. The summed E-state index contributed by atoms with van der Waals surface area (Å²) in [5.74, 6) is 0. The van der Waals surface area contributed by atoms with Crippen LogP contribution < -0.4 is 5.32 Å². The Kier molecular flexibility index (Phi) is 5.91. The highest BCUT2D eigenvalue weighted by Gasteiger charge is 2.29. The van der Waals surface area contributed by atoms with E-state index in [-0.39, 0.29) is 18.8 Å². The molecule has 94 valence electrons. The van der Waals surface area contributed by atoms with E-state index in [0.29, 0.717) is 19.4 Å². The van der Waals surface area contributed by atoms with Gasteiger partial charge in [0.1, 0.15) is 0 Å². The van der Waals surface area contributed by atoms with Crippen LogP contribution >= 0.6 is 0 Å². The van der Waals surface area contributed by atoms with Gasteiger partial charge in [0.05, 0.1) is 0 Å². The second-order valence-corrected chi connectivity index (χ2v) is 4.06. The summed E-state index contributed by atoms with van der Waals surface area (Å²) >= 11 is 0. The van der Waals surface area contributed by atoms with Crippen molar-refractivity contribution >= 4 is 0 Å². The van der Waals surface area contributed by atoms with Gasteiger partial charge in [-0.2, -0.15) is 0 Å². The Morgan fingerprint density at radius 2 is 1.71 bits per heavy atom. The van der Waals surface area contributed by atoms with Crippen molar-refractivity contribution in [2.75, 3.05) is 19.8 Å². The lowest BCUT2D eigenvalue weighted by Crippen LogP contribution is -2.44. The van der Waals surface area contributed by atoms with Crippen molar-refractivity contribution in [3.05, 3.63) is 48.6 Å². The normalized spacial score (nSPS) is 11.4. The lowest BCUT2D eigenvalue weighted by molar-refractivity contribution is 0.167. The Morgan fingerprint density at radius 1 is 1.12 bits per heavy atom. The van der Waals surface area contributed by atoms with E-state index >= 15 is 0 Å². The number of hydrogen-bond donors (Lipinski definition) is 3. The van der Waals surface area contributed by atoms with Crippen LogP contribution in [0.2, 0.25) is 0 Å². The van der Waals surface area contributed by atoms with E-state index in [0.717, 1.165) is 5.56 Å². The van der Waals surface area contributed by atoms with E-state index in [2.05, 4.69) is 11.9 Å². The molecule has 0 saturated heterocycles. The van der Waals surface area contributed by atoms with Gasteiger partial charge >= 0.3 is 0 Å². The molecule has 17 heavy (non-hydrogen) atoms. The minimum atomic E-state index is -0.376. The molecule has 0 atom stereocenters. The van der Waals surface area contributed by atoms with Crippen molar-refractivity contribution in [1.29, 1.82) is 0 Å². The minimum Gasteiger partial charge on any atom is -0.396 e. The van der Waals surface area contributed by atoms with Gasteiger partial charge < -0.3 is 15.5 Å². The summed E-state index contributed by atoms with van der Waals surface area (Å²) in [5.41, 5.74) is 0.712. The highest BCUT2D eigenvalue weighted by molar-refractivity contribution is 5.24. The van der Waals surface area contributed by atoms with Crippen LogP contribution in [-0.4, -0.2) is 30.0 Å². The summed E-state index contributed by atoms with van der Waals surface area (Å²) in [4.78, 5) is 0. The van der Waals surface area contributed by atoms with Crippen LogP contribution in [0.25, 0.3) is 0 Å². The van der Waals surface area contributed by atoms with Crippen molar-refractivity contribution in [3.63, 3.8) is 0 Å². The molecule has 0 saturated carbocycles. The highest BCUT2D eigenvalue weighted by atomic mass is 16.3. The average molecular weight is 235 g/mol. The van der Waals surface area contributed by atoms with Crippen LogP contribution in [0.5, 0.6) is 0 Å². The van der Waals surface area contributed by atoms with Gasteiger partial charge in [-0.15, -0.1) is 6.58 Å². The van der Waals surface area contributed by atoms with Crippen LogP contribution in [0.1, 0.15) is 18.4 Å². The van der Waals surface area contributed by atoms with Crippen molar-refractivity contribution in [2.24, 2.45) is 0 Å². The maximum absolute atomic E-state index is 9.24. The van der Waals surface area contributed by atoms with Crippen molar-refractivity contribution < 1.29 is 10.2 Å². The smallest absolute Gasteiger partial charge is 0.0480 e.